The molecule has 0 unspecified atom stereocenters. The standard InChI is InChI=1S/C13H18N4O/c14-13(16-10-6-2-1-3-7-10)17-12(18)11-8-4-5-9-15-11/h4-5,8-10H,1-3,6-7H2,(H3,14,16,17,18). The lowest BCUT2D eigenvalue weighted by Crippen LogP contribution is -2.38. The molecule has 1 aliphatic rings. The molecule has 0 atom stereocenters. The number of carbonyl (C=O) groups is 1. The second kappa shape index (κ2) is 6.14. The summed E-state index contributed by atoms with van der Waals surface area (Å²) in [4.78, 5) is 20.1. The number of nitrogens with one attached hydrogen (secondary N) is 1. The van der Waals surface area contributed by atoms with Crippen LogP contribution in [-0.4, -0.2) is 22.9 Å². The molecule has 0 radical (unpaired) electrons. The van der Waals surface area contributed by atoms with Crippen molar-refractivity contribution in [1.82, 2.24) is 10.3 Å². The Balaban J connectivity index is 1.92. The van der Waals surface area contributed by atoms with Gasteiger partial charge in [-0.2, -0.15) is 0 Å². The van der Waals surface area contributed by atoms with Crippen molar-refractivity contribution in [3.63, 3.8) is 0 Å². The number of hydrogen-bond acceptors (Lipinski definition) is 3. The van der Waals surface area contributed by atoms with Gasteiger partial charge >= 0.3 is 0 Å². The van der Waals surface area contributed by atoms with E-state index in [0.29, 0.717) is 5.69 Å². The molecule has 0 saturated heterocycles. The lowest BCUT2D eigenvalue weighted by molar-refractivity contribution is 0.0971. The maximum Gasteiger partial charge on any atom is 0.276 e. The third kappa shape index (κ3) is 3.55. The number of aliphatic imine (C=N–C) groups is 1. The van der Waals surface area contributed by atoms with Gasteiger partial charge in [0.15, 0.2) is 5.96 Å². The molecule has 1 heterocycles. The Morgan fingerprint density at radius 1 is 1.33 bits per heavy atom. The van der Waals surface area contributed by atoms with Crippen LogP contribution >= 0.6 is 0 Å². The Hall–Kier alpha value is -1.91. The van der Waals surface area contributed by atoms with Gasteiger partial charge < -0.3 is 5.73 Å². The number of nitrogens with two attached hydrogens (primary N) is 1. The summed E-state index contributed by atoms with van der Waals surface area (Å²) in [7, 11) is 0. The number of amides is 1. The number of carbonyl (C=O) groups excluding carboxylic acids is 1. The van der Waals surface area contributed by atoms with Gasteiger partial charge in [0.05, 0.1) is 6.04 Å². The Bertz CT molecular complexity index is 424. The SMILES string of the molecule is NC(=NC1CCCCC1)NC(=O)c1ccccn1. The quantitative estimate of drug-likeness (QED) is 0.612. The fraction of sp³-hybridized carbons (Fsp3) is 0.462. The van der Waals surface area contributed by atoms with Crippen LogP contribution in [0.5, 0.6) is 0 Å². The molecule has 0 aliphatic heterocycles. The van der Waals surface area contributed by atoms with Gasteiger partial charge in [-0.05, 0) is 25.0 Å². The number of guanidine groups is 1. The van der Waals surface area contributed by atoms with Gasteiger partial charge in [0.25, 0.3) is 5.91 Å². The molecule has 96 valence electrons. The first kappa shape index (κ1) is 12.5. The van der Waals surface area contributed by atoms with Crippen LogP contribution in [0.3, 0.4) is 0 Å². The molecule has 2 rings (SSSR count). The molecule has 1 aromatic heterocycles. The summed E-state index contributed by atoms with van der Waals surface area (Å²) in [6.07, 6.45) is 7.33. The Morgan fingerprint density at radius 3 is 2.78 bits per heavy atom. The van der Waals surface area contributed by atoms with Crippen molar-refractivity contribution < 1.29 is 4.79 Å². The van der Waals surface area contributed by atoms with Crippen molar-refractivity contribution >= 4 is 11.9 Å². The minimum Gasteiger partial charge on any atom is -0.370 e. The molecule has 0 aromatic carbocycles. The van der Waals surface area contributed by atoms with E-state index in [2.05, 4.69) is 15.3 Å². The molecule has 5 nitrogen and oxygen atoms in total. The summed E-state index contributed by atoms with van der Waals surface area (Å²) in [6.45, 7) is 0. The summed E-state index contributed by atoms with van der Waals surface area (Å²) in [6, 6.07) is 5.42. The van der Waals surface area contributed by atoms with Gasteiger partial charge in [0.1, 0.15) is 5.69 Å². The fourth-order valence-electron chi connectivity index (χ4n) is 2.12. The lowest BCUT2D eigenvalue weighted by atomic mass is 9.96. The van der Waals surface area contributed by atoms with Crippen LogP contribution < -0.4 is 11.1 Å². The van der Waals surface area contributed by atoms with E-state index in [9.17, 15) is 4.79 Å². The average molecular weight is 246 g/mol. The monoisotopic (exact) mass is 246 g/mol. The molecule has 0 spiro atoms. The Morgan fingerprint density at radius 2 is 2.11 bits per heavy atom. The van der Waals surface area contributed by atoms with E-state index in [4.69, 9.17) is 5.73 Å². The second-order valence-corrected chi connectivity index (χ2v) is 4.48. The van der Waals surface area contributed by atoms with Crippen LogP contribution in [0.1, 0.15) is 42.6 Å². The molecule has 1 fully saturated rings. The Labute approximate surface area is 107 Å². The predicted octanol–water partition coefficient (Wildman–Crippen LogP) is 1.46. The van der Waals surface area contributed by atoms with Crippen LogP contribution in [0.15, 0.2) is 29.4 Å². The van der Waals surface area contributed by atoms with Crippen molar-refractivity contribution in [1.29, 1.82) is 0 Å². The van der Waals surface area contributed by atoms with Crippen molar-refractivity contribution in [2.75, 3.05) is 0 Å². The smallest absolute Gasteiger partial charge is 0.276 e. The maximum absolute atomic E-state index is 11.8. The largest absolute Gasteiger partial charge is 0.370 e. The number of pyridine rings is 1. The fourth-order valence-corrected chi connectivity index (χ4v) is 2.12. The van der Waals surface area contributed by atoms with Crippen molar-refractivity contribution in [2.45, 2.75) is 38.1 Å². The van der Waals surface area contributed by atoms with E-state index in [1.165, 1.54) is 19.3 Å². The second-order valence-electron chi connectivity index (χ2n) is 4.48. The highest BCUT2D eigenvalue weighted by molar-refractivity contribution is 6.04. The van der Waals surface area contributed by atoms with Crippen molar-refractivity contribution in [3.05, 3.63) is 30.1 Å². The van der Waals surface area contributed by atoms with E-state index in [0.717, 1.165) is 12.8 Å². The predicted molar refractivity (Wildman–Crippen MR) is 70.2 cm³/mol. The van der Waals surface area contributed by atoms with Crippen LogP contribution in [0.4, 0.5) is 0 Å². The van der Waals surface area contributed by atoms with Crippen molar-refractivity contribution in [2.24, 2.45) is 10.7 Å². The van der Waals surface area contributed by atoms with E-state index >= 15 is 0 Å². The zero-order valence-electron chi connectivity index (χ0n) is 10.3. The summed E-state index contributed by atoms with van der Waals surface area (Å²) in [5.41, 5.74) is 6.08. The minimum atomic E-state index is -0.312. The summed E-state index contributed by atoms with van der Waals surface area (Å²) in [5, 5.41) is 2.57. The highest BCUT2D eigenvalue weighted by Crippen LogP contribution is 2.19. The lowest BCUT2D eigenvalue weighted by Gasteiger charge is -2.18. The first-order valence-electron chi connectivity index (χ1n) is 6.31. The minimum absolute atomic E-state index is 0.192. The topological polar surface area (TPSA) is 80.4 Å². The van der Waals surface area contributed by atoms with Crippen LogP contribution in [0.25, 0.3) is 0 Å². The molecule has 18 heavy (non-hydrogen) atoms. The molecule has 5 heteroatoms. The highest BCUT2D eigenvalue weighted by atomic mass is 16.2. The normalized spacial score (nSPS) is 17.4. The van der Waals surface area contributed by atoms with E-state index < -0.39 is 0 Å². The molecular weight excluding hydrogens is 228 g/mol. The maximum atomic E-state index is 11.8. The zero-order chi connectivity index (χ0) is 12.8. The number of rotatable bonds is 2. The van der Waals surface area contributed by atoms with Gasteiger partial charge in [-0.15, -0.1) is 0 Å². The molecule has 1 aromatic rings. The van der Waals surface area contributed by atoms with Crippen molar-refractivity contribution in [3.8, 4) is 0 Å². The summed E-state index contributed by atoms with van der Waals surface area (Å²) < 4.78 is 0. The molecule has 1 aliphatic carbocycles. The average Bonchev–Trinajstić information content (AvgIpc) is 2.40. The molecule has 3 N–H and O–H groups in total. The Kier molecular flexibility index (Phi) is 4.28. The van der Waals surface area contributed by atoms with Crippen LogP contribution in [0, 0.1) is 0 Å². The van der Waals surface area contributed by atoms with Crippen LogP contribution in [0.2, 0.25) is 0 Å². The molecule has 0 bridgehead atoms. The third-order valence-corrected chi connectivity index (χ3v) is 3.04. The number of hydrogen-bond donors (Lipinski definition) is 2. The zero-order valence-corrected chi connectivity index (χ0v) is 10.3. The number of nitrogens with zero attached hydrogens (tertiary/aromatic N) is 2. The summed E-state index contributed by atoms with van der Waals surface area (Å²) in [5.74, 6) is -0.120. The van der Waals surface area contributed by atoms with E-state index in [1.54, 1.807) is 24.4 Å². The van der Waals surface area contributed by atoms with E-state index in [1.807, 2.05) is 0 Å². The first-order chi connectivity index (χ1) is 8.75. The van der Waals surface area contributed by atoms with Gasteiger partial charge in [-0.3, -0.25) is 15.1 Å². The molecule has 1 amide bonds. The van der Waals surface area contributed by atoms with Gasteiger partial charge in [0.2, 0.25) is 0 Å². The number of aromatic nitrogens is 1. The van der Waals surface area contributed by atoms with Gasteiger partial charge in [-0.25, -0.2) is 4.99 Å². The van der Waals surface area contributed by atoms with E-state index in [-0.39, 0.29) is 17.9 Å². The first-order valence-corrected chi connectivity index (χ1v) is 6.31. The molecular formula is C13H18N4O. The third-order valence-electron chi connectivity index (χ3n) is 3.04. The van der Waals surface area contributed by atoms with Crippen LogP contribution in [-0.2, 0) is 0 Å². The van der Waals surface area contributed by atoms with Gasteiger partial charge in [-0.1, -0.05) is 25.3 Å². The van der Waals surface area contributed by atoms with Gasteiger partial charge in [0, 0.05) is 6.20 Å². The summed E-state index contributed by atoms with van der Waals surface area (Å²) >= 11 is 0. The highest BCUT2D eigenvalue weighted by Gasteiger charge is 2.13. The molecule has 1 saturated carbocycles.